The van der Waals surface area contributed by atoms with E-state index in [9.17, 15) is 4.39 Å². The molecule has 2 aromatic carbocycles. The van der Waals surface area contributed by atoms with Crippen molar-refractivity contribution in [3.63, 3.8) is 0 Å². The summed E-state index contributed by atoms with van der Waals surface area (Å²) in [5, 5.41) is 1.14. The molecule has 1 aromatic heterocycles. The third-order valence-electron chi connectivity index (χ3n) is 3.42. The Hall–Kier alpha value is -2.13. The lowest BCUT2D eigenvalue weighted by atomic mass is 10.1. The standard InChI is InChI=1S/C16H15FN2/c17-15-6-2-1-4-13(15)11-19-9-8-14-12(10-18)5-3-7-16(14)19/h1-9H,10-11,18H2. The molecule has 0 amide bonds. The molecular weight excluding hydrogens is 239 g/mol. The molecule has 3 rings (SSSR count). The van der Waals surface area contributed by atoms with Crippen molar-refractivity contribution < 1.29 is 4.39 Å². The second-order valence-electron chi connectivity index (χ2n) is 4.59. The van der Waals surface area contributed by atoms with Crippen LogP contribution in [0.1, 0.15) is 11.1 Å². The summed E-state index contributed by atoms with van der Waals surface area (Å²) in [5.74, 6) is -0.167. The molecule has 0 unspecified atom stereocenters. The number of nitrogens with zero attached hydrogens (tertiary/aromatic N) is 1. The van der Waals surface area contributed by atoms with E-state index < -0.39 is 0 Å². The molecule has 0 saturated heterocycles. The van der Waals surface area contributed by atoms with Gasteiger partial charge in [-0.05, 0) is 23.8 Å². The number of halogens is 1. The number of hydrogen-bond acceptors (Lipinski definition) is 1. The quantitative estimate of drug-likeness (QED) is 0.764. The molecule has 3 aromatic rings. The van der Waals surface area contributed by atoms with E-state index in [1.807, 2.05) is 47.2 Å². The number of aromatic nitrogens is 1. The number of rotatable bonds is 3. The van der Waals surface area contributed by atoms with Crippen molar-refractivity contribution in [3.8, 4) is 0 Å². The van der Waals surface area contributed by atoms with Gasteiger partial charge in [0, 0.05) is 29.2 Å². The van der Waals surface area contributed by atoms with Crippen LogP contribution in [0.2, 0.25) is 0 Å². The number of benzene rings is 2. The lowest BCUT2D eigenvalue weighted by Crippen LogP contribution is -2.01. The fourth-order valence-corrected chi connectivity index (χ4v) is 2.41. The van der Waals surface area contributed by atoms with E-state index in [4.69, 9.17) is 5.73 Å². The van der Waals surface area contributed by atoms with Crippen LogP contribution in [0.4, 0.5) is 4.39 Å². The summed E-state index contributed by atoms with van der Waals surface area (Å²) in [6, 6.07) is 15.0. The number of hydrogen-bond donors (Lipinski definition) is 1. The monoisotopic (exact) mass is 254 g/mol. The first kappa shape index (κ1) is 11.9. The molecule has 0 radical (unpaired) electrons. The Morgan fingerprint density at radius 1 is 0.947 bits per heavy atom. The van der Waals surface area contributed by atoms with Crippen LogP contribution < -0.4 is 5.73 Å². The van der Waals surface area contributed by atoms with Crippen molar-refractivity contribution in [2.75, 3.05) is 0 Å². The van der Waals surface area contributed by atoms with Gasteiger partial charge in [0.2, 0.25) is 0 Å². The zero-order chi connectivity index (χ0) is 13.2. The summed E-state index contributed by atoms with van der Waals surface area (Å²) >= 11 is 0. The average Bonchev–Trinajstić information content (AvgIpc) is 2.84. The van der Waals surface area contributed by atoms with Crippen molar-refractivity contribution in [2.24, 2.45) is 5.73 Å². The van der Waals surface area contributed by atoms with Crippen LogP contribution in [0.5, 0.6) is 0 Å². The highest BCUT2D eigenvalue weighted by molar-refractivity contribution is 5.83. The summed E-state index contributed by atoms with van der Waals surface area (Å²) in [6.45, 7) is 1.05. The number of fused-ring (bicyclic) bond motifs is 1. The van der Waals surface area contributed by atoms with Gasteiger partial charge in [-0.3, -0.25) is 0 Å². The maximum Gasteiger partial charge on any atom is 0.128 e. The summed E-state index contributed by atoms with van der Waals surface area (Å²) in [7, 11) is 0. The number of nitrogens with two attached hydrogens (primary N) is 1. The molecule has 0 atom stereocenters. The minimum Gasteiger partial charge on any atom is -0.343 e. The zero-order valence-electron chi connectivity index (χ0n) is 10.5. The van der Waals surface area contributed by atoms with Crippen LogP contribution in [0, 0.1) is 5.82 Å². The Morgan fingerprint density at radius 2 is 1.74 bits per heavy atom. The minimum absolute atomic E-state index is 0.167. The molecule has 0 bridgehead atoms. The highest BCUT2D eigenvalue weighted by atomic mass is 19.1. The molecule has 19 heavy (non-hydrogen) atoms. The second kappa shape index (κ2) is 4.86. The Kier molecular flexibility index (Phi) is 3.05. The first-order valence-electron chi connectivity index (χ1n) is 6.30. The van der Waals surface area contributed by atoms with Gasteiger partial charge in [0.05, 0.1) is 6.54 Å². The van der Waals surface area contributed by atoms with Gasteiger partial charge in [-0.1, -0.05) is 30.3 Å². The van der Waals surface area contributed by atoms with Crippen LogP contribution in [0.15, 0.2) is 54.7 Å². The van der Waals surface area contributed by atoms with E-state index in [1.165, 1.54) is 6.07 Å². The Bertz CT molecular complexity index is 716. The Morgan fingerprint density at radius 3 is 2.53 bits per heavy atom. The van der Waals surface area contributed by atoms with Gasteiger partial charge in [-0.15, -0.1) is 0 Å². The van der Waals surface area contributed by atoms with Gasteiger partial charge in [0.1, 0.15) is 5.82 Å². The van der Waals surface area contributed by atoms with Crippen molar-refractivity contribution in [3.05, 3.63) is 71.7 Å². The third kappa shape index (κ3) is 2.13. The SMILES string of the molecule is NCc1cccc2c1ccn2Cc1ccccc1F. The molecule has 2 nitrogen and oxygen atoms in total. The van der Waals surface area contributed by atoms with Crippen LogP contribution in [0.3, 0.4) is 0 Å². The normalized spacial score (nSPS) is 11.1. The first-order valence-corrected chi connectivity index (χ1v) is 6.30. The Balaban J connectivity index is 2.05. The fourth-order valence-electron chi connectivity index (χ4n) is 2.41. The van der Waals surface area contributed by atoms with Crippen LogP contribution >= 0.6 is 0 Å². The van der Waals surface area contributed by atoms with Crippen molar-refractivity contribution >= 4 is 10.9 Å². The topological polar surface area (TPSA) is 30.9 Å². The van der Waals surface area contributed by atoms with Gasteiger partial charge in [0.15, 0.2) is 0 Å². The molecule has 3 heteroatoms. The predicted molar refractivity (Wildman–Crippen MR) is 75.3 cm³/mol. The second-order valence-corrected chi connectivity index (χ2v) is 4.59. The molecule has 2 N–H and O–H groups in total. The molecule has 0 aliphatic heterocycles. The highest BCUT2D eigenvalue weighted by Gasteiger charge is 2.07. The average molecular weight is 254 g/mol. The third-order valence-corrected chi connectivity index (χ3v) is 3.42. The smallest absolute Gasteiger partial charge is 0.128 e. The van der Waals surface area contributed by atoms with E-state index >= 15 is 0 Å². The van der Waals surface area contributed by atoms with E-state index in [-0.39, 0.29) is 5.82 Å². The zero-order valence-corrected chi connectivity index (χ0v) is 10.5. The molecule has 0 aliphatic rings. The van der Waals surface area contributed by atoms with E-state index in [1.54, 1.807) is 6.07 Å². The summed E-state index contributed by atoms with van der Waals surface area (Å²) < 4.78 is 15.7. The van der Waals surface area contributed by atoms with Crippen LogP contribution in [-0.2, 0) is 13.1 Å². The largest absolute Gasteiger partial charge is 0.343 e. The lowest BCUT2D eigenvalue weighted by Gasteiger charge is -2.07. The van der Waals surface area contributed by atoms with E-state index in [0.29, 0.717) is 18.7 Å². The van der Waals surface area contributed by atoms with Gasteiger partial charge in [-0.2, -0.15) is 0 Å². The Labute approximate surface area is 111 Å². The van der Waals surface area contributed by atoms with Gasteiger partial charge < -0.3 is 10.3 Å². The van der Waals surface area contributed by atoms with E-state index in [0.717, 1.165) is 16.5 Å². The molecule has 96 valence electrons. The lowest BCUT2D eigenvalue weighted by molar-refractivity contribution is 0.602. The van der Waals surface area contributed by atoms with Crippen LogP contribution in [0.25, 0.3) is 10.9 Å². The first-order chi connectivity index (χ1) is 9.29. The van der Waals surface area contributed by atoms with E-state index in [2.05, 4.69) is 0 Å². The minimum atomic E-state index is -0.167. The maximum atomic E-state index is 13.7. The van der Waals surface area contributed by atoms with Crippen molar-refractivity contribution in [1.29, 1.82) is 0 Å². The molecule has 0 fully saturated rings. The molecule has 1 heterocycles. The van der Waals surface area contributed by atoms with Gasteiger partial charge in [0.25, 0.3) is 0 Å². The molecular formula is C16H15FN2. The highest BCUT2D eigenvalue weighted by Crippen LogP contribution is 2.21. The maximum absolute atomic E-state index is 13.7. The predicted octanol–water partition coefficient (Wildman–Crippen LogP) is 3.29. The summed E-state index contributed by atoms with van der Waals surface area (Å²) in [6.07, 6.45) is 1.98. The molecule has 0 spiro atoms. The molecule has 0 aliphatic carbocycles. The van der Waals surface area contributed by atoms with Crippen molar-refractivity contribution in [2.45, 2.75) is 13.1 Å². The molecule has 0 saturated carbocycles. The van der Waals surface area contributed by atoms with Gasteiger partial charge in [-0.25, -0.2) is 4.39 Å². The summed E-state index contributed by atoms with van der Waals surface area (Å²) in [4.78, 5) is 0. The van der Waals surface area contributed by atoms with Gasteiger partial charge >= 0.3 is 0 Å². The van der Waals surface area contributed by atoms with Crippen molar-refractivity contribution in [1.82, 2.24) is 4.57 Å². The summed E-state index contributed by atoms with van der Waals surface area (Å²) in [5.41, 5.74) is 8.63. The van der Waals surface area contributed by atoms with Crippen LogP contribution in [-0.4, -0.2) is 4.57 Å². The fraction of sp³-hybridized carbons (Fsp3) is 0.125.